The summed E-state index contributed by atoms with van der Waals surface area (Å²) in [5.74, 6) is -0.901. The number of rotatable bonds is 13. The van der Waals surface area contributed by atoms with Crippen LogP contribution >= 0.6 is 0 Å². The van der Waals surface area contributed by atoms with Gasteiger partial charge in [0.1, 0.15) is 29.0 Å². The van der Waals surface area contributed by atoms with Crippen LogP contribution in [0, 0.1) is 5.82 Å². The molecule has 57 heavy (non-hydrogen) atoms. The van der Waals surface area contributed by atoms with E-state index in [2.05, 4.69) is 20.3 Å². The molecule has 5 aromatic carbocycles. The number of aromatic amines is 1. The summed E-state index contributed by atoms with van der Waals surface area (Å²) >= 11 is 0. The number of nitrogens with one attached hydrogen (secondary N) is 2. The number of carbonyl (C=O) groups is 1. The van der Waals surface area contributed by atoms with Gasteiger partial charge in [0.2, 0.25) is 0 Å². The molecule has 1 amide bonds. The van der Waals surface area contributed by atoms with Crippen LogP contribution < -0.4 is 22.3 Å². The van der Waals surface area contributed by atoms with Crippen LogP contribution in [0.3, 0.4) is 0 Å². The average Bonchev–Trinajstić information content (AvgIpc) is 3.67. The van der Waals surface area contributed by atoms with Gasteiger partial charge >= 0.3 is 5.69 Å². The van der Waals surface area contributed by atoms with E-state index >= 15 is 0 Å². The minimum absolute atomic E-state index is 0.174. The zero-order valence-electron chi connectivity index (χ0n) is 31.3. The maximum Gasteiger partial charge on any atom is 0.333 e. The quantitative estimate of drug-likeness (QED) is 0.0673. The molecular weight excluding hydrogens is 720 g/mol. The van der Waals surface area contributed by atoms with Crippen LogP contribution in [0.2, 0.25) is 0 Å². The standard InChI is InChI=1S/C45H41FN8O3/c1-2-3-27-53-41-39(43(56)54(44(53)57)29-32-15-13-14-22-37(32)46)51-38(52-41)28-31-23-25-36(26-24-31)50-42(55)40(47)48-30-49-45(33-16-7-4-8-17-33,34-18-9-5-10-19-34)35-20-11-6-12-21-35/h4-26,30H,2-3,27-29H2,1H3,(H,50,55)(H,51,52)(H2,47,48,49). The van der Waals surface area contributed by atoms with E-state index < -0.39 is 28.5 Å². The first-order valence-corrected chi connectivity index (χ1v) is 18.7. The van der Waals surface area contributed by atoms with Crippen molar-refractivity contribution in [2.24, 2.45) is 15.7 Å². The van der Waals surface area contributed by atoms with Gasteiger partial charge in [-0.3, -0.25) is 23.7 Å². The molecule has 12 heteroatoms. The molecule has 0 spiro atoms. The number of fused-ring (bicyclic) bond motifs is 1. The lowest BCUT2D eigenvalue weighted by molar-refractivity contribution is -0.110. The molecule has 0 unspecified atom stereocenters. The minimum Gasteiger partial charge on any atom is -0.379 e. The monoisotopic (exact) mass is 760 g/mol. The molecule has 11 nitrogen and oxygen atoms in total. The van der Waals surface area contributed by atoms with E-state index in [1.165, 1.54) is 17.0 Å². The molecule has 0 aliphatic rings. The first-order valence-electron chi connectivity index (χ1n) is 18.7. The normalized spacial score (nSPS) is 12.0. The van der Waals surface area contributed by atoms with Gasteiger partial charge in [0.05, 0.1) is 6.54 Å². The van der Waals surface area contributed by atoms with Gasteiger partial charge in [-0.1, -0.05) is 135 Å². The number of hydrogen-bond donors (Lipinski definition) is 3. The van der Waals surface area contributed by atoms with Crippen molar-refractivity contribution in [1.29, 1.82) is 0 Å². The Labute approximate surface area is 328 Å². The number of amidine groups is 1. The van der Waals surface area contributed by atoms with Crippen LogP contribution in [0.15, 0.2) is 159 Å². The molecule has 286 valence electrons. The summed E-state index contributed by atoms with van der Waals surface area (Å²) in [6, 6.07) is 42.8. The number of aromatic nitrogens is 4. The van der Waals surface area contributed by atoms with E-state index in [4.69, 9.17) is 10.7 Å². The van der Waals surface area contributed by atoms with Crippen molar-refractivity contribution in [3.8, 4) is 0 Å². The highest BCUT2D eigenvalue weighted by atomic mass is 19.1. The maximum atomic E-state index is 14.5. The van der Waals surface area contributed by atoms with Gasteiger partial charge in [-0.2, -0.15) is 0 Å². The van der Waals surface area contributed by atoms with Gasteiger partial charge in [-0.05, 0) is 46.9 Å². The topological polar surface area (TPSA) is 153 Å². The van der Waals surface area contributed by atoms with Gasteiger partial charge in [0.25, 0.3) is 11.5 Å². The SMILES string of the molecule is CCCCn1c(=O)n(Cc2ccccc2F)c(=O)c2[nH]c(Cc3ccc(NC(=O)C(N)=NC=NC(c4ccccc4)(c4ccccc4)c4ccccc4)cc3)nc21. The molecule has 2 aromatic heterocycles. The van der Waals surface area contributed by atoms with Crippen LogP contribution in [-0.2, 0) is 29.8 Å². The largest absolute Gasteiger partial charge is 0.379 e. The Balaban J connectivity index is 1.10. The summed E-state index contributed by atoms with van der Waals surface area (Å²) in [5, 5.41) is 2.78. The Morgan fingerprint density at radius 2 is 1.40 bits per heavy atom. The van der Waals surface area contributed by atoms with Crippen molar-refractivity contribution in [2.45, 2.75) is 44.8 Å². The second kappa shape index (κ2) is 17.1. The number of hydrogen-bond acceptors (Lipinski definition) is 5. The number of nitrogens with two attached hydrogens (primary N) is 1. The van der Waals surface area contributed by atoms with Crippen molar-refractivity contribution in [3.05, 3.63) is 200 Å². The third-order valence-electron chi connectivity index (χ3n) is 9.77. The van der Waals surface area contributed by atoms with Gasteiger partial charge in [-0.15, -0.1) is 0 Å². The maximum absolute atomic E-state index is 14.5. The Bertz CT molecular complexity index is 2570. The lowest BCUT2D eigenvalue weighted by Crippen LogP contribution is -2.40. The summed E-state index contributed by atoms with van der Waals surface area (Å²) in [7, 11) is 0. The summed E-state index contributed by atoms with van der Waals surface area (Å²) < 4.78 is 17.0. The van der Waals surface area contributed by atoms with E-state index in [1.807, 2.05) is 110 Å². The third-order valence-corrected chi connectivity index (χ3v) is 9.77. The molecule has 7 rings (SSSR count). The Morgan fingerprint density at radius 3 is 1.98 bits per heavy atom. The molecule has 0 saturated carbocycles. The highest BCUT2D eigenvalue weighted by molar-refractivity contribution is 6.42. The predicted molar refractivity (Wildman–Crippen MR) is 222 cm³/mol. The second-order valence-electron chi connectivity index (χ2n) is 13.5. The Morgan fingerprint density at radius 1 is 0.825 bits per heavy atom. The first kappa shape index (κ1) is 38.1. The highest BCUT2D eigenvalue weighted by Crippen LogP contribution is 2.40. The van der Waals surface area contributed by atoms with Crippen LogP contribution in [-0.4, -0.2) is 37.2 Å². The number of benzene rings is 5. The molecular formula is C45H41FN8O3. The number of nitrogens with zero attached hydrogens (tertiary/aromatic N) is 5. The van der Waals surface area contributed by atoms with Gasteiger partial charge in [0, 0.05) is 24.2 Å². The number of halogens is 1. The highest BCUT2D eigenvalue weighted by Gasteiger charge is 2.35. The number of anilines is 1. The number of aliphatic imine (C=N–C) groups is 2. The number of aryl methyl sites for hydroxylation is 1. The van der Waals surface area contributed by atoms with Crippen molar-refractivity contribution in [3.63, 3.8) is 0 Å². The number of imidazole rings is 1. The molecule has 2 heterocycles. The lowest BCUT2D eigenvalue weighted by atomic mass is 9.77. The van der Waals surface area contributed by atoms with Gasteiger partial charge in [-0.25, -0.2) is 19.2 Å². The van der Waals surface area contributed by atoms with E-state index in [0.29, 0.717) is 30.9 Å². The van der Waals surface area contributed by atoms with E-state index in [1.54, 1.807) is 30.3 Å². The van der Waals surface area contributed by atoms with Crippen molar-refractivity contribution in [1.82, 2.24) is 19.1 Å². The third kappa shape index (κ3) is 8.11. The summed E-state index contributed by atoms with van der Waals surface area (Å²) in [6.07, 6.45) is 3.15. The molecule has 0 aliphatic carbocycles. The average molecular weight is 761 g/mol. The van der Waals surface area contributed by atoms with Gasteiger partial charge < -0.3 is 16.0 Å². The fourth-order valence-corrected chi connectivity index (χ4v) is 6.84. The first-order chi connectivity index (χ1) is 27.8. The molecule has 0 aliphatic heterocycles. The summed E-state index contributed by atoms with van der Waals surface area (Å²) in [6.45, 7) is 2.16. The second-order valence-corrected chi connectivity index (χ2v) is 13.5. The fourth-order valence-electron chi connectivity index (χ4n) is 6.84. The van der Waals surface area contributed by atoms with Crippen molar-refractivity contribution in [2.75, 3.05) is 5.32 Å². The lowest BCUT2D eigenvalue weighted by Gasteiger charge is -2.31. The minimum atomic E-state index is -0.954. The van der Waals surface area contributed by atoms with Crippen LogP contribution in [0.4, 0.5) is 10.1 Å². The number of amides is 1. The van der Waals surface area contributed by atoms with Crippen LogP contribution in [0.1, 0.15) is 53.4 Å². The number of unbranched alkanes of at least 4 members (excludes halogenated alkanes) is 1. The zero-order chi connectivity index (χ0) is 39.8. The van der Waals surface area contributed by atoms with Gasteiger partial charge in [0.15, 0.2) is 11.5 Å². The summed E-state index contributed by atoms with van der Waals surface area (Å²) in [4.78, 5) is 57.2. The molecule has 0 radical (unpaired) electrons. The smallest absolute Gasteiger partial charge is 0.333 e. The molecule has 4 N–H and O–H groups in total. The molecule has 0 bridgehead atoms. The molecule has 0 fully saturated rings. The molecule has 7 aromatic rings. The van der Waals surface area contributed by atoms with E-state index in [9.17, 15) is 18.8 Å². The number of carbonyl (C=O) groups excluding carboxylic acids is 1. The molecule has 0 saturated heterocycles. The predicted octanol–water partition coefficient (Wildman–Crippen LogP) is 6.78. The van der Waals surface area contributed by atoms with Crippen molar-refractivity contribution < 1.29 is 9.18 Å². The zero-order valence-corrected chi connectivity index (χ0v) is 31.3. The summed E-state index contributed by atoms with van der Waals surface area (Å²) in [5.41, 5.74) is 8.84. The van der Waals surface area contributed by atoms with Crippen LogP contribution in [0.25, 0.3) is 11.2 Å². The van der Waals surface area contributed by atoms with Crippen molar-refractivity contribution >= 4 is 34.9 Å². The Hall–Kier alpha value is -7.21. The van der Waals surface area contributed by atoms with E-state index in [0.717, 1.165) is 33.2 Å². The van der Waals surface area contributed by atoms with E-state index in [-0.39, 0.29) is 29.1 Å². The Kier molecular flexibility index (Phi) is 11.4. The van der Waals surface area contributed by atoms with Crippen LogP contribution in [0.5, 0.6) is 0 Å². The fraction of sp³-hybridized carbons (Fsp3) is 0.156. The number of H-pyrrole nitrogens is 1. The molecule has 0 atom stereocenters.